The predicted octanol–water partition coefficient (Wildman–Crippen LogP) is 2.57. The summed E-state index contributed by atoms with van der Waals surface area (Å²) < 4.78 is 0. The van der Waals surface area contributed by atoms with E-state index in [9.17, 15) is 0 Å². The van der Waals surface area contributed by atoms with Crippen molar-refractivity contribution in [2.75, 3.05) is 0 Å². The first-order chi connectivity index (χ1) is 6.26. The topological polar surface area (TPSA) is 12.0 Å². The second-order valence-corrected chi connectivity index (χ2v) is 4.19. The number of terminal acetylenes is 1. The normalized spacial score (nSPS) is 30.8. The predicted molar refractivity (Wildman–Crippen MR) is 57.5 cm³/mol. The molecule has 0 spiro atoms. The average molecular weight is 179 g/mol. The van der Waals surface area contributed by atoms with Crippen molar-refractivity contribution in [1.82, 2.24) is 5.32 Å². The number of rotatable bonds is 3. The molecule has 0 amide bonds. The minimum Gasteiger partial charge on any atom is -0.301 e. The molecule has 13 heavy (non-hydrogen) atoms. The third kappa shape index (κ3) is 3.40. The van der Waals surface area contributed by atoms with E-state index in [0.717, 1.165) is 5.92 Å². The van der Waals surface area contributed by atoms with Crippen molar-refractivity contribution in [1.29, 1.82) is 0 Å². The molecular formula is C12H21N. The fourth-order valence-corrected chi connectivity index (χ4v) is 2.21. The molecule has 1 aliphatic rings. The summed E-state index contributed by atoms with van der Waals surface area (Å²) in [6.45, 7) is 4.35. The van der Waals surface area contributed by atoms with Crippen LogP contribution in [0.4, 0.5) is 0 Å². The fraction of sp³-hybridized carbons (Fsp3) is 0.833. The van der Waals surface area contributed by atoms with E-state index < -0.39 is 0 Å². The quantitative estimate of drug-likeness (QED) is 0.657. The van der Waals surface area contributed by atoms with Crippen LogP contribution in [0.1, 0.15) is 46.0 Å². The molecule has 0 heterocycles. The lowest BCUT2D eigenvalue weighted by Gasteiger charge is -2.30. The van der Waals surface area contributed by atoms with Crippen LogP contribution in [-0.4, -0.2) is 12.1 Å². The molecule has 3 atom stereocenters. The van der Waals surface area contributed by atoms with Gasteiger partial charge in [-0.25, -0.2) is 0 Å². The standard InChI is InChI=1S/C12H21N/c1-4-10(3)13-12-8-6-7-11(5-2)9-12/h1,10-13H,5-9H2,2-3H3. The van der Waals surface area contributed by atoms with Gasteiger partial charge in [0.05, 0.1) is 6.04 Å². The zero-order chi connectivity index (χ0) is 9.68. The summed E-state index contributed by atoms with van der Waals surface area (Å²) in [6.07, 6.45) is 12.1. The van der Waals surface area contributed by atoms with Crippen molar-refractivity contribution in [2.45, 2.75) is 58.0 Å². The van der Waals surface area contributed by atoms with Gasteiger partial charge in [-0.1, -0.05) is 32.1 Å². The van der Waals surface area contributed by atoms with Crippen molar-refractivity contribution in [3.63, 3.8) is 0 Å². The third-order valence-electron chi connectivity index (χ3n) is 3.10. The Labute approximate surface area is 82.3 Å². The van der Waals surface area contributed by atoms with Gasteiger partial charge in [-0.3, -0.25) is 0 Å². The van der Waals surface area contributed by atoms with Crippen LogP contribution in [0.2, 0.25) is 0 Å². The maximum absolute atomic E-state index is 5.34. The SMILES string of the molecule is C#CC(C)NC1CCCC(CC)C1. The van der Waals surface area contributed by atoms with Crippen LogP contribution in [0.3, 0.4) is 0 Å². The maximum atomic E-state index is 5.34. The molecule has 74 valence electrons. The smallest absolute Gasteiger partial charge is 0.0660 e. The van der Waals surface area contributed by atoms with Gasteiger partial charge in [0, 0.05) is 6.04 Å². The highest BCUT2D eigenvalue weighted by atomic mass is 14.9. The summed E-state index contributed by atoms with van der Waals surface area (Å²) in [5.74, 6) is 3.66. The Balaban J connectivity index is 2.30. The van der Waals surface area contributed by atoms with E-state index in [1.807, 2.05) is 0 Å². The first-order valence-corrected chi connectivity index (χ1v) is 5.48. The highest BCUT2D eigenvalue weighted by Gasteiger charge is 2.20. The Morgan fingerprint density at radius 2 is 2.31 bits per heavy atom. The molecule has 0 aromatic heterocycles. The summed E-state index contributed by atoms with van der Waals surface area (Å²) in [7, 11) is 0. The molecule has 0 saturated heterocycles. The van der Waals surface area contributed by atoms with E-state index in [0.29, 0.717) is 6.04 Å². The molecule has 1 N–H and O–H groups in total. The highest BCUT2D eigenvalue weighted by molar-refractivity contribution is 4.97. The lowest BCUT2D eigenvalue weighted by Crippen LogP contribution is -2.38. The van der Waals surface area contributed by atoms with Gasteiger partial charge in [0.15, 0.2) is 0 Å². The molecule has 0 aromatic rings. The van der Waals surface area contributed by atoms with E-state index in [4.69, 9.17) is 6.42 Å². The van der Waals surface area contributed by atoms with Crippen molar-refractivity contribution < 1.29 is 0 Å². The minimum atomic E-state index is 0.237. The Hall–Kier alpha value is -0.480. The minimum absolute atomic E-state index is 0.237. The van der Waals surface area contributed by atoms with Crippen molar-refractivity contribution in [3.05, 3.63) is 0 Å². The van der Waals surface area contributed by atoms with Gasteiger partial charge in [-0.05, 0) is 25.7 Å². The van der Waals surface area contributed by atoms with Crippen LogP contribution in [-0.2, 0) is 0 Å². The number of nitrogens with one attached hydrogen (secondary N) is 1. The van der Waals surface area contributed by atoms with E-state index >= 15 is 0 Å². The summed E-state index contributed by atoms with van der Waals surface area (Å²) in [5.41, 5.74) is 0. The van der Waals surface area contributed by atoms with Gasteiger partial charge in [0.25, 0.3) is 0 Å². The van der Waals surface area contributed by atoms with Crippen LogP contribution >= 0.6 is 0 Å². The molecule has 3 unspecified atom stereocenters. The Bertz CT molecular complexity index is 180. The van der Waals surface area contributed by atoms with E-state index in [-0.39, 0.29) is 6.04 Å². The molecule has 1 aliphatic carbocycles. The van der Waals surface area contributed by atoms with Gasteiger partial charge in [0.2, 0.25) is 0 Å². The van der Waals surface area contributed by atoms with Crippen molar-refractivity contribution >= 4 is 0 Å². The van der Waals surface area contributed by atoms with Crippen molar-refractivity contribution in [3.8, 4) is 12.3 Å². The Kier molecular flexibility index (Phi) is 4.32. The van der Waals surface area contributed by atoms with Gasteiger partial charge >= 0.3 is 0 Å². The lowest BCUT2D eigenvalue weighted by atomic mass is 9.84. The van der Waals surface area contributed by atoms with E-state index in [1.165, 1.54) is 32.1 Å². The van der Waals surface area contributed by atoms with Gasteiger partial charge in [-0.2, -0.15) is 0 Å². The lowest BCUT2D eigenvalue weighted by molar-refractivity contribution is 0.275. The molecule has 1 rings (SSSR count). The van der Waals surface area contributed by atoms with Crippen molar-refractivity contribution in [2.24, 2.45) is 5.92 Å². The molecule has 1 saturated carbocycles. The Morgan fingerprint density at radius 3 is 2.92 bits per heavy atom. The molecule has 1 heteroatoms. The van der Waals surface area contributed by atoms with E-state index in [1.54, 1.807) is 0 Å². The summed E-state index contributed by atoms with van der Waals surface area (Å²) >= 11 is 0. The summed E-state index contributed by atoms with van der Waals surface area (Å²) in [6, 6.07) is 0.908. The molecular weight excluding hydrogens is 158 g/mol. The van der Waals surface area contributed by atoms with Crippen LogP contribution < -0.4 is 5.32 Å². The first kappa shape index (κ1) is 10.6. The van der Waals surface area contributed by atoms with Crippen LogP contribution in [0.5, 0.6) is 0 Å². The van der Waals surface area contributed by atoms with Gasteiger partial charge in [-0.15, -0.1) is 6.42 Å². The Morgan fingerprint density at radius 1 is 1.54 bits per heavy atom. The van der Waals surface area contributed by atoms with Crippen LogP contribution in [0.25, 0.3) is 0 Å². The third-order valence-corrected chi connectivity index (χ3v) is 3.10. The highest BCUT2D eigenvalue weighted by Crippen LogP contribution is 2.26. The maximum Gasteiger partial charge on any atom is 0.0660 e. The molecule has 1 fully saturated rings. The monoisotopic (exact) mass is 179 g/mol. The summed E-state index contributed by atoms with van der Waals surface area (Å²) in [4.78, 5) is 0. The fourth-order valence-electron chi connectivity index (χ4n) is 2.21. The average Bonchev–Trinajstić information content (AvgIpc) is 2.18. The largest absolute Gasteiger partial charge is 0.301 e. The zero-order valence-electron chi connectivity index (χ0n) is 8.84. The van der Waals surface area contributed by atoms with E-state index in [2.05, 4.69) is 25.1 Å². The molecule has 0 aliphatic heterocycles. The molecule has 0 bridgehead atoms. The molecule has 1 nitrogen and oxygen atoms in total. The molecule has 0 aromatic carbocycles. The first-order valence-electron chi connectivity index (χ1n) is 5.48. The number of hydrogen-bond acceptors (Lipinski definition) is 1. The van der Waals surface area contributed by atoms with Crippen LogP contribution in [0, 0.1) is 18.3 Å². The second-order valence-electron chi connectivity index (χ2n) is 4.19. The second kappa shape index (κ2) is 5.29. The molecule has 0 radical (unpaired) electrons. The zero-order valence-corrected chi connectivity index (χ0v) is 8.84. The van der Waals surface area contributed by atoms with Gasteiger partial charge in [0.1, 0.15) is 0 Å². The summed E-state index contributed by atoms with van der Waals surface area (Å²) in [5, 5.41) is 3.50. The van der Waals surface area contributed by atoms with Crippen LogP contribution in [0.15, 0.2) is 0 Å². The number of hydrogen-bond donors (Lipinski definition) is 1. The van der Waals surface area contributed by atoms with Gasteiger partial charge < -0.3 is 5.32 Å².